The van der Waals surface area contributed by atoms with Crippen LogP contribution >= 0.6 is 34.2 Å². The van der Waals surface area contributed by atoms with E-state index in [1.54, 1.807) is 6.26 Å². The second-order valence-electron chi connectivity index (χ2n) is 2.79. The number of halogens is 2. The van der Waals surface area contributed by atoms with Gasteiger partial charge in [0.25, 0.3) is 0 Å². The molecule has 0 radical (unpaired) electrons. The molecule has 0 aliphatic rings. The predicted molar refractivity (Wildman–Crippen MR) is 64.2 cm³/mol. The average molecular weight is 320 g/mol. The lowest BCUT2D eigenvalue weighted by molar-refractivity contribution is 0.573. The molecular formula is C10H7ClINO. The van der Waals surface area contributed by atoms with E-state index in [0.717, 1.165) is 14.8 Å². The van der Waals surface area contributed by atoms with Crippen molar-refractivity contribution in [2.24, 2.45) is 0 Å². The highest BCUT2D eigenvalue weighted by Gasteiger charge is 2.05. The monoisotopic (exact) mass is 319 g/mol. The first-order valence-corrected chi connectivity index (χ1v) is 5.67. The normalized spacial score (nSPS) is 10.4. The lowest BCUT2D eigenvalue weighted by Gasteiger charge is -1.94. The molecule has 0 fully saturated rings. The third-order valence-corrected chi connectivity index (χ3v) is 2.71. The van der Waals surface area contributed by atoms with Crippen molar-refractivity contribution in [1.29, 1.82) is 0 Å². The van der Waals surface area contributed by atoms with Crippen LogP contribution in [-0.2, 0) is 5.88 Å². The van der Waals surface area contributed by atoms with Crippen molar-refractivity contribution in [3.8, 4) is 11.5 Å². The molecule has 0 aliphatic heterocycles. The average Bonchev–Trinajstić information content (AvgIpc) is 2.66. The first kappa shape index (κ1) is 9.98. The molecule has 2 aromatic rings. The Morgan fingerprint density at radius 1 is 1.43 bits per heavy atom. The molecule has 0 bridgehead atoms. The van der Waals surface area contributed by atoms with Gasteiger partial charge in [-0.2, -0.15) is 0 Å². The summed E-state index contributed by atoms with van der Waals surface area (Å²) in [7, 11) is 0. The van der Waals surface area contributed by atoms with E-state index < -0.39 is 0 Å². The van der Waals surface area contributed by atoms with Crippen molar-refractivity contribution in [3.63, 3.8) is 0 Å². The molecule has 0 aliphatic carbocycles. The van der Waals surface area contributed by atoms with Crippen molar-refractivity contribution in [1.82, 2.24) is 4.98 Å². The van der Waals surface area contributed by atoms with Gasteiger partial charge in [0.2, 0.25) is 5.89 Å². The van der Waals surface area contributed by atoms with Gasteiger partial charge in [0, 0.05) is 9.13 Å². The van der Waals surface area contributed by atoms with Crippen LogP contribution in [0.25, 0.3) is 11.5 Å². The standard InChI is InChI=1S/C10H7ClINO/c11-5-9-6-14-10(13-9)7-2-1-3-8(12)4-7/h1-4,6H,5H2. The molecule has 14 heavy (non-hydrogen) atoms. The number of benzene rings is 1. The van der Waals surface area contributed by atoms with Gasteiger partial charge >= 0.3 is 0 Å². The quantitative estimate of drug-likeness (QED) is 0.623. The van der Waals surface area contributed by atoms with Crippen molar-refractivity contribution >= 4 is 34.2 Å². The van der Waals surface area contributed by atoms with Gasteiger partial charge in [-0.1, -0.05) is 6.07 Å². The number of hydrogen-bond acceptors (Lipinski definition) is 2. The van der Waals surface area contributed by atoms with E-state index in [1.165, 1.54) is 0 Å². The third kappa shape index (κ3) is 2.09. The zero-order valence-electron chi connectivity index (χ0n) is 7.21. The fraction of sp³-hybridized carbons (Fsp3) is 0.100. The van der Waals surface area contributed by atoms with E-state index in [-0.39, 0.29) is 0 Å². The van der Waals surface area contributed by atoms with Gasteiger partial charge in [0.1, 0.15) is 6.26 Å². The minimum absolute atomic E-state index is 0.382. The Balaban J connectivity index is 2.39. The Kier molecular flexibility index (Phi) is 3.08. The third-order valence-electron chi connectivity index (χ3n) is 1.76. The molecule has 0 saturated heterocycles. The van der Waals surface area contributed by atoms with E-state index in [2.05, 4.69) is 27.6 Å². The van der Waals surface area contributed by atoms with Crippen molar-refractivity contribution in [2.45, 2.75) is 5.88 Å². The summed E-state index contributed by atoms with van der Waals surface area (Å²) in [5.74, 6) is 1.01. The summed E-state index contributed by atoms with van der Waals surface area (Å²) in [6.45, 7) is 0. The van der Waals surface area contributed by atoms with E-state index in [9.17, 15) is 0 Å². The molecule has 0 amide bonds. The first-order valence-electron chi connectivity index (χ1n) is 4.06. The maximum atomic E-state index is 5.63. The summed E-state index contributed by atoms with van der Waals surface area (Å²) < 4.78 is 6.46. The molecule has 1 aromatic heterocycles. The molecule has 2 nitrogen and oxygen atoms in total. The van der Waals surface area contributed by atoms with Gasteiger partial charge in [-0.05, 0) is 40.8 Å². The Bertz CT molecular complexity index is 441. The van der Waals surface area contributed by atoms with Gasteiger partial charge in [-0.15, -0.1) is 11.6 Å². The first-order chi connectivity index (χ1) is 6.79. The van der Waals surface area contributed by atoms with Crippen LogP contribution in [-0.4, -0.2) is 4.98 Å². The number of hydrogen-bond donors (Lipinski definition) is 0. The minimum atomic E-state index is 0.382. The predicted octanol–water partition coefficient (Wildman–Crippen LogP) is 3.69. The summed E-state index contributed by atoms with van der Waals surface area (Å²) in [4.78, 5) is 4.24. The molecule has 0 spiro atoms. The van der Waals surface area contributed by atoms with Crippen LogP contribution in [0.15, 0.2) is 34.9 Å². The molecule has 1 aromatic carbocycles. The highest BCUT2D eigenvalue weighted by Crippen LogP contribution is 2.20. The topological polar surface area (TPSA) is 26.0 Å². The maximum Gasteiger partial charge on any atom is 0.226 e. The van der Waals surface area contributed by atoms with Gasteiger partial charge in [0.15, 0.2) is 0 Å². The fourth-order valence-corrected chi connectivity index (χ4v) is 1.79. The molecule has 0 N–H and O–H groups in total. The van der Waals surface area contributed by atoms with Gasteiger partial charge in [-0.3, -0.25) is 0 Å². The number of oxazole rings is 1. The molecule has 0 atom stereocenters. The number of alkyl halides is 1. The lowest BCUT2D eigenvalue weighted by Crippen LogP contribution is -1.80. The Hall–Kier alpha value is -0.550. The van der Waals surface area contributed by atoms with E-state index >= 15 is 0 Å². The number of aromatic nitrogens is 1. The van der Waals surface area contributed by atoms with Crippen molar-refractivity contribution in [2.75, 3.05) is 0 Å². The van der Waals surface area contributed by atoms with Crippen LogP contribution in [0.1, 0.15) is 5.69 Å². The Morgan fingerprint density at radius 3 is 2.93 bits per heavy atom. The molecular weight excluding hydrogens is 312 g/mol. The molecule has 2 rings (SSSR count). The number of rotatable bonds is 2. The SMILES string of the molecule is ClCc1coc(-c2cccc(I)c2)n1. The van der Waals surface area contributed by atoms with Crippen molar-refractivity contribution in [3.05, 3.63) is 39.8 Å². The fourth-order valence-electron chi connectivity index (χ4n) is 1.12. The van der Waals surface area contributed by atoms with Gasteiger partial charge in [-0.25, -0.2) is 4.98 Å². The second-order valence-corrected chi connectivity index (χ2v) is 4.30. The maximum absolute atomic E-state index is 5.63. The van der Waals surface area contributed by atoms with Crippen LogP contribution in [0.4, 0.5) is 0 Å². The summed E-state index contributed by atoms with van der Waals surface area (Å²) in [5, 5.41) is 0. The highest BCUT2D eigenvalue weighted by molar-refractivity contribution is 14.1. The van der Waals surface area contributed by atoms with Crippen LogP contribution < -0.4 is 0 Å². The summed E-state index contributed by atoms with van der Waals surface area (Å²) in [6, 6.07) is 7.98. The smallest absolute Gasteiger partial charge is 0.226 e. The van der Waals surface area contributed by atoms with Crippen molar-refractivity contribution < 1.29 is 4.42 Å². The van der Waals surface area contributed by atoms with E-state index in [0.29, 0.717) is 11.8 Å². The summed E-state index contributed by atoms with van der Waals surface area (Å²) in [5.41, 5.74) is 1.74. The molecule has 72 valence electrons. The van der Waals surface area contributed by atoms with Gasteiger partial charge in [0.05, 0.1) is 11.6 Å². The lowest BCUT2D eigenvalue weighted by atomic mass is 10.2. The largest absolute Gasteiger partial charge is 0.444 e. The Labute approximate surface area is 100 Å². The molecule has 4 heteroatoms. The Morgan fingerprint density at radius 2 is 2.29 bits per heavy atom. The highest BCUT2D eigenvalue weighted by atomic mass is 127. The van der Waals surface area contributed by atoms with Gasteiger partial charge < -0.3 is 4.42 Å². The van der Waals surface area contributed by atoms with Crippen LogP contribution in [0.2, 0.25) is 0 Å². The number of nitrogens with zero attached hydrogens (tertiary/aromatic N) is 1. The summed E-state index contributed by atoms with van der Waals surface area (Å²) >= 11 is 7.89. The van der Waals surface area contributed by atoms with E-state index in [1.807, 2.05) is 24.3 Å². The van der Waals surface area contributed by atoms with Crippen LogP contribution in [0.3, 0.4) is 0 Å². The zero-order chi connectivity index (χ0) is 9.97. The molecule has 1 heterocycles. The minimum Gasteiger partial charge on any atom is -0.444 e. The van der Waals surface area contributed by atoms with Crippen LogP contribution in [0.5, 0.6) is 0 Å². The zero-order valence-corrected chi connectivity index (χ0v) is 10.1. The van der Waals surface area contributed by atoms with E-state index in [4.69, 9.17) is 16.0 Å². The van der Waals surface area contributed by atoms with Crippen LogP contribution in [0, 0.1) is 3.57 Å². The second kappa shape index (κ2) is 4.31. The molecule has 0 saturated carbocycles. The summed E-state index contributed by atoms with van der Waals surface area (Å²) in [6.07, 6.45) is 1.59. The molecule has 0 unspecified atom stereocenters.